The molecule has 1 aliphatic heterocycles. The molecule has 2 rings (SSSR count). The summed E-state index contributed by atoms with van der Waals surface area (Å²) in [6, 6.07) is 0. The lowest BCUT2D eigenvalue weighted by Crippen LogP contribution is -2.52. The molecule has 0 aromatic rings. The summed E-state index contributed by atoms with van der Waals surface area (Å²) in [5.74, 6) is 0.776. The number of carbonyl (C=O) groups excluding carboxylic acids is 1. The third-order valence-electron chi connectivity index (χ3n) is 4.79. The average Bonchev–Trinajstić information content (AvgIpc) is 2.40. The highest BCUT2D eigenvalue weighted by molar-refractivity contribution is 5.84. The van der Waals surface area contributed by atoms with E-state index in [1.54, 1.807) is 0 Å². The summed E-state index contributed by atoms with van der Waals surface area (Å²) in [7, 11) is 0. The Morgan fingerprint density at radius 2 is 1.73 bits per heavy atom. The molecule has 0 aromatic heterocycles. The molecular formula is C12H21NO2. The normalized spacial score (nSPS) is 28.7. The maximum absolute atomic E-state index is 12.1. The Labute approximate surface area is 91.5 Å². The molecule has 0 unspecified atom stereocenters. The summed E-state index contributed by atoms with van der Waals surface area (Å²) in [6.45, 7) is 10.4. The fraction of sp³-hybridized carbons (Fsp3) is 0.917. The molecule has 2 aliphatic rings. The number of aliphatic hydroxyl groups excluding tert-OH is 1. The number of likely N-dealkylation sites (tertiary alicyclic amines) is 1. The van der Waals surface area contributed by atoms with Crippen molar-refractivity contribution in [3.05, 3.63) is 0 Å². The predicted molar refractivity (Wildman–Crippen MR) is 58.2 cm³/mol. The molecule has 1 aliphatic carbocycles. The number of nitrogens with zero attached hydrogens (tertiary/aromatic N) is 1. The van der Waals surface area contributed by atoms with Crippen molar-refractivity contribution >= 4 is 5.91 Å². The molecule has 15 heavy (non-hydrogen) atoms. The highest BCUT2D eigenvalue weighted by Gasteiger charge is 2.69. The van der Waals surface area contributed by atoms with E-state index in [-0.39, 0.29) is 29.3 Å². The smallest absolute Gasteiger partial charge is 0.226 e. The zero-order valence-corrected chi connectivity index (χ0v) is 10.1. The van der Waals surface area contributed by atoms with Crippen molar-refractivity contribution in [3.63, 3.8) is 0 Å². The van der Waals surface area contributed by atoms with Crippen molar-refractivity contribution < 1.29 is 9.90 Å². The Balaban J connectivity index is 1.95. The third-order valence-corrected chi connectivity index (χ3v) is 4.79. The van der Waals surface area contributed by atoms with Crippen molar-refractivity contribution in [2.24, 2.45) is 22.7 Å². The van der Waals surface area contributed by atoms with E-state index in [1.807, 2.05) is 4.90 Å². The summed E-state index contributed by atoms with van der Waals surface area (Å²) in [6.07, 6.45) is 0. The van der Waals surface area contributed by atoms with Gasteiger partial charge in [-0.05, 0) is 10.8 Å². The Hall–Kier alpha value is -0.570. The quantitative estimate of drug-likeness (QED) is 0.743. The van der Waals surface area contributed by atoms with Crippen LogP contribution in [0.2, 0.25) is 0 Å². The van der Waals surface area contributed by atoms with E-state index in [4.69, 9.17) is 5.11 Å². The minimum Gasteiger partial charge on any atom is -0.396 e. The first-order valence-corrected chi connectivity index (χ1v) is 5.72. The van der Waals surface area contributed by atoms with Gasteiger partial charge in [-0.1, -0.05) is 27.7 Å². The Morgan fingerprint density at radius 3 is 2.07 bits per heavy atom. The molecule has 0 bridgehead atoms. The van der Waals surface area contributed by atoms with Crippen LogP contribution in [0.25, 0.3) is 0 Å². The van der Waals surface area contributed by atoms with Crippen LogP contribution in [0.3, 0.4) is 0 Å². The van der Waals surface area contributed by atoms with Crippen LogP contribution in [0.15, 0.2) is 0 Å². The van der Waals surface area contributed by atoms with E-state index in [0.29, 0.717) is 5.92 Å². The molecule has 1 N–H and O–H groups in total. The van der Waals surface area contributed by atoms with Gasteiger partial charge in [0.25, 0.3) is 0 Å². The van der Waals surface area contributed by atoms with E-state index in [1.165, 1.54) is 0 Å². The summed E-state index contributed by atoms with van der Waals surface area (Å²) in [4.78, 5) is 14.0. The lowest BCUT2D eigenvalue weighted by molar-refractivity contribution is -0.141. The van der Waals surface area contributed by atoms with Crippen LogP contribution in [0, 0.1) is 22.7 Å². The fourth-order valence-corrected chi connectivity index (χ4v) is 2.86. The zero-order valence-electron chi connectivity index (χ0n) is 10.1. The summed E-state index contributed by atoms with van der Waals surface area (Å²) < 4.78 is 0. The number of hydrogen-bond acceptors (Lipinski definition) is 2. The van der Waals surface area contributed by atoms with E-state index in [0.717, 1.165) is 13.1 Å². The second-order valence-electron chi connectivity index (χ2n) is 6.17. The van der Waals surface area contributed by atoms with Crippen LogP contribution < -0.4 is 0 Å². The highest BCUT2D eigenvalue weighted by atomic mass is 16.3. The van der Waals surface area contributed by atoms with E-state index in [2.05, 4.69) is 27.7 Å². The number of aliphatic hydroxyl groups is 1. The van der Waals surface area contributed by atoms with Crippen LogP contribution in [0.5, 0.6) is 0 Å². The van der Waals surface area contributed by atoms with Crippen molar-refractivity contribution in [2.45, 2.75) is 27.7 Å². The maximum atomic E-state index is 12.1. The molecule has 0 atom stereocenters. The van der Waals surface area contributed by atoms with Gasteiger partial charge in [-0.2, -0.15) is 0 Å². The van der Waals surface area contributed by atoms with Gasteiger partial charge in [-0.3, -0.25) is 4.79 Å². The third kappa shape index (κ3) is 1.32. The van der Waals surface area contributed by atoms with Crippen LogP contribution in [0.4, 0.5) is 0 Å². The maximum Gasteiger partial charge on any atom is 0.226 e. The van der Waals surface area contributed by atoms with Crippen LogP contribution in [-0.4, -0.2) is 35.6 Å². The Bertz CT molecular complexity index is 276. The van der Waals surface area contributed by atoms with Gasteiger partial charge in [0.15, 0.2) is 0 Å². The molecule has 3 nitrogen and oxygen atoms in total. The summed E-state index contributed by atoms with van der Waals surface area (Å²) in [5, 5.41) is 8.91. The Kier molecular flexibility index (Phi) is 2.16. The molecule has 0 radical (unpaired) electrons. The summed E-state index contributed by atoms with van der Waals surface area (Å²) >= 11 is 0. The van der Waals surface area contributed by atoms with Gasteiger partial charge >= 0.3 is 0 Å². The first-order valence-electron chi connectivity index (χ1n) is 5.72. The minimum atomic E-state index is 0.133. The van der Waals surface area contributed by atoms with Crippen molar-refractivity contribution in [2.75, 3.05) is 19.7 Å². The lowest BCUT2D eigenvalue weighted by Gasteiger charge is -2.38. The molecule has 1 saturated heterocycles. The van der Waals surface area contributed by atoms with Crippen LogP contribution >= 0.6 is 0 Å². The molecule has 86 valence electrons. The van der Waals surface area contributed by atoms with E-state index in [9.17, 15) is 4.79 Å². The molecule has 0 aromatic carbocycles. The van der Waals surface area contributed by atoms with Crippen molar-refractivity contribution in [1.29, 1.82) is 0 Å². The van der Waals surface area contributed by atoms with Crippen molar-refractivity contribution in [1.82, 2.24) is 4.90 Å². The number of hydrogen-bond donors (Lipinski definition) is 1. The van der Waals surface area contributed by atoms with Gasteiger partial charge in [-0.25, -0.2) is 0 Å². The number of carbonyl (C=O) groups is 1. The second-order valence-corrected chi connectivity index (χ2v) is 6.17. The topological polar surface area (TPSA) is 40.5 Å². The predicted octanol–water partition coefficient (Wildman–Crippen LogP) is 1.12. The molecule has 1 heterocycles. The molecular weight excluding hydrogens is 190 g/mol. The molecule has 3 heteroatoms. The van der Waals surface area contributed by atoms with Gasteiger partial charge in [-0.15, -0.1) is 0 Å². The van der Waals surface area contributed by atoms with Gasteiger partial charge in [0.1, 0.15) is 0 Å². The van der Waals surface area contributed by atoms with Crippen molar-refractivity contribution in [3.8, 4) is 0 Å². The SMILES string of the molecule is CC1(C)C(C(=O)N2CC(CO)C2)C1(C)C. The average molecular weight is 211 g/mol. The fourth-order valence-electron chi connectivity index (χ4n) is 2.86. The largest absolute Gasteiger partial charge is 0.396 e. The molecule has 0 spiro atoms. The standard InChI is InChI=1S/C12H21NO2/c1-11(2)9(12(11,3)4)10(15)13-5-8(6-13)7-14/h8-9,14H,5-7H2,1-4H3. The molecule has 1 amide bonds. The van der Waals surface area contributed by atoms with E-state index < -0.39 is 0 Å². The summed E-state index contributed by atoms with van der Waals surface area (Å²) in [5.41, 5.74) is 0.267. The minimum absolute atomic E-state index is 0.133. The first kappa shape index (κ1) is 10.9. The zero-order chi connectivity index (χ0) is 11.4. The second kappa shape index (κ2) is 2.97. The van der Waals surface area contributed by atoms with Gasteiger partial charge in [0.05, 0.1) is 0 Å². The molecule has 2 fully saturated rings. The van der Waals surface area contributed by atoms with Gasteiger partial charge < -0.3 is 10.0 Å². The van der Waals surface area contributed by atoms with Crippen LogP contribution in [0.1, 0.15) is 27.7 Å². The van der Waals surface area contributed by atoms with Gasteiger partial charge in [0.2, 0.25) is 5.91 Å². The van der Waals surface area contributed by atoms with E-state index >= 15 is 0 Å². The number of amides is 1. The Morgan fingerprint density at radius 1 is 1.27 bits per heavy atom. The van der Waals surface area contributed by atoms with Gasteiger partial charge in [0, 0.05) is 31.5 Å². The van der Waals surface area contributed by atoms with Crippen LogP contribution in [-0.2, 0) is 4.79 Å². The highest BCUT2D eigenvalue weighted by Crippen LogP contribution is 2.69. The molecule has 1 saturated carbocycles. The number of rotatable bonds is 2. The monoisotopic (exact) mass is 211 g/mol. The lowest BCUT2D eigenvalue weighted by atomic mass is 9.99. The first-order chi connectivity index (χ1) is 6.82.